The molecule has 6 heteroatoms. The van der Waals surface area contributed by atoms with Gasteiger partial charge in [-0.25, -0.2) is 0 Å². The van der Waals surface area contributed by atoms with Crippen LogP contribution in [-0.4, -0.2) is 32.5 Å². The van der Waals surface area contributed by atoms with E-state index in [0.717, 1.165) is 29.4 Å². The first kappa shape index (κ1) is 16.5. The van der Waals surface area contributed by atoms with Gasteiger partial charge in [-0.2, -0.15) is 0 Å². The lowest BCUT2D eigenvalue weighted by Gasteiger charge is -2.12. The number of carbonyl (C=O) groups excluding carboxylic acids is 1. The van der Waals surface area contributed by atoms with E-state index < -0.39 is 0 Å². The molecule has 118 valence electrons. The summed E-state index contributed by atoms with van der Waals surface area (Å²) in [5, 5.41) is 12.1. The third-order valence-electron chi connectivity index (χ3n) is 3.33. The average molecular weight is 318 g/mol. The van der Waals surface area contributed by atoms with Crippen molar-refractivity contribution in [2.75, 3.05) is 5.75 Å². The summed E-state index contributed by atoms with van der Waals surface area (Å²) in [7, 11) is 1.92. The third-order valence-corrected chi connectivity index (χ3v) is 4.35. The Balaban J connectivity index is 1.95. The molecule has 0 saturated heterocycles. The van der Waals surface area contributed by atoms with Crippen LogP contribution in [0.15, 0.2) is 35.5 Å². The highest BCUT2D eigenvalue weighted by atomic mass is 32.2. The number of amides is 1. The first-order valence-electron chi connectivity index (χ1n) is 7.48. The Morgan fingerprint density at radius 2 is 2.05 bits per heavy atom. The van der Waals surface area contributed by atoms with E-state index >= 15 is 0 Å². The lowest BCUT2D eigenvalue weighted by molar-refractivity contribution is -0.119. The summed E-state index contributed by atoms with van der Waals surface area (Å²) in [4.78, 5) is 11.9. The molecular weight excluding hydrogens is 296 g/mol. The summed E-state index contributed by atoms with van der Waals surface area (Å²) in [6.45, 7) is 4.14. The fourth-order valence-corrected chi connectivity index (χ4v) is 2.95. The lowest BCUT2D eigenvalue weighted by atomic mass is 10.2. The molecular formula is C16H22N4OS. The number of nitrogens with one attached hydrogen (secondary N) is 1. The Morgan fingerprint density at radius 3 is 2.73 bits per heavy atom. The molecule has 2 aromatic rings. The van der Waals surface area contributed by atoms with Crippen LogP contribution in [0.4, 0.5) is 0 Å². The molecule has 0 bridgehead atoms. The first-order chi connectivity index (χ1) is 10.6. The second-order valence-electron chi connectivity index (χ2n) is 5.28. The number of rotatable bonds is 7. The van der Waals surface area contributed by atoms with Crippen LogP contribution < -0.4 is 5.32 Å². The molecule has 0 aliphatic rings. The van der Waals surface area contributed by atoms with Crippen molar-refractivity contribution in [3.63, 3.8) is 0 Å². The normalized spacial score (nSPS) is 12.1. The Labute approximate surface area is 135 Å². The Morgan fingerprint density at radius 1 is 1.32 bits per heavy atom. The average Bonchev–Trinajstić information content (AvgIpc) is 2.87. The molecule has 1 heterocycles. The summed E-state index contributed by atoms with van der Waals surface area (Å²) in [5.74, 6) is 1.20. The van der Waals surface area contributed by atoms with Gasteiger partial charge >= 0.3 is 0 Å². The molecule has 0 aliphatic carbocycles. The Kier molecular flexibility index (Phi) is 6.00. The maximum absolute atomic E-state index is 11.9. The van der Waals surface area contributed by atoms with Crippen molar-refractivity contribution in [2.45, 2.75) is 37.9 Å². The molecule has 0 aliphatic heterocycles. The van der Waals surface area contributed by atoms with E-state index in [1.54, 1.807) is 0 Å². The fraction of sp³-hybridized carbons (Fsp3) is 0.438. The molecule has 5 nitrogen and oxygen atoms in total. The van der Waals surface area contributed by atoms with E-state index in [2.05, 4.69) is 22.4 Å². The zero-order valence-electron chi connectivity index (χ0n) is 13.2. The standard InChI is InChI=1S/C16H22N4OS/c1-4-8-12(2)17-14(21)11-22-16-19-18-15(20(16)3)13-9-6-5-7-10-13/h5-7,9-10,12H,4,8,11H2,1-3H3,(H,17,21)/t12-/m0/s1. The highest BCUT2D eigenvalue weighted by Gasteiger charge is 2.13. The van der Waals surface area contributed by atoms with E-state index in [0.29, 0.717) is 5.75 Å². The lowest BCUT2D eigenvalue weighted by Crippen LogP contribution is -2.33. The highest BCUT2D eigenvalue weighted by Crippen LogP contribution is 2.22. The minimum atomic E-state index is 0.0372. The van der Waals surface area contributed by atoms with Gasteiger partial charge in [0, 0.05) is 18.7 Å². The molecule has 0 spiro atoms. The zero-order chi connectivity index (χ0) is 15.9. The number of benzene rings is 1. The molecule has 22 heavy (non-hydrogen) atoms. The summed E-state index contributed by atoms with van der Waals surface area (Å²) < 4.78 is 1.92. The molecule has 1 N–H and O–H groups in total. The summed E-state index contributed by atoms with van der Waals surface area (Å²) >= 11 is 1.41. The van der Waals surface area contributed by atoms with Crippen molar-refractivity contribution in [3.8, 4) is 11.4 Å². The number of hydrogen-bond acceptors (Lipinski definition) is 4. The van der Waals surface area contributed by atoms with Crippen LogP contribution in [0.1, 0.15) is 26.7 Å². The van der Waals surface area contributed by atoms with Crippen molar-refractivity contribution in [3.05, 3.63) is 30.3 Å². The van der Waals surface area contributed by atoms with E-state index in [4.69, 9.17) is 0 Å². The number of thioether (sulfide) groups is 1. The third kappa shape index (κ3) is 4.34. The minimum absolute atomic E-state index is 0.0372. The predicted octanol–water partition coefficient (Wildman–Crippen LogP) is 2.88. The molecule has 0 fully saturated rings. The molecule has 0 saturated carbocycles. The molecule has 2 rings (SSSR count). The van der Waals surface area contributed by atoms with Gasteiger partial charge in [0.05, 0.1) is 5.75 Å². The van der Waals surface area contributed by atoms with Crippen LogP contribution in [0.5, 0.6) is 0 Å². The SMILES string of the molecule is CCC[C@H](C)NC(=O)CSc1nnc(-c2ccccc2)n1C. The van der Waals surface area contributed by atoms with Gasteiger partial charge in [0.2, 0.25) is 5.91 Å². The van der Waals surface area contributed by atoms with Gasteiger partial charge in [0.15, 0.2) is 11.0 Å². The van der Waals surface area contributed by atoms with Crippen molar-refractivity contribution >= 4 is 17.7 Å². The molecule has 1 amide bonds. The molecule has 1 aromatic heterocycles. The number of aromatic nitrogens is 3. The van der Waals surface area contributed by atoms with Crippen LogP contribution in [0.2, 0.25) is 0 Å². The topological polar surface area (TPSA) is 59.8 Å². The van der Waals surface area contributed by atoms with Crippen LogP contribution in [0.3, 0.4) is 0 Å². The summed E-state index contributed by atoms with van der Waals surface area (Å²) in [6, 6.07) is 10.1. The number of nitrogens with zero attached hydrogens (tertiary/aromatic N) is 3. The van der Waals surface area contributed by atoms with Gasteiger partial charge in [0.1, 0.15) is 0 Å². The summed E-state index contributed by atoms with van der Waals surface area (Å²) in [5.41, 5.74) is 1.02. The van der Waals surface area contributed by atoms with E-state index in [1.165, 1.54) is 11.8 Å². The maximum Gasteiger partial charge on any atom is 0.230 e. The van der Waals surface area contributed by atoms with Gasteiger partial charge in [-0.05, 0) is 13.3 Å². The van der Waals surface area contributed by atoms with Crippen molar-refractivity contribution in [1.29, 1.82) is 0 Å². The van der Waals surface area contributed by atoms with Crippen LogP contribution in [0.25, 0.3) is 11.4 Å². The number of hydrogen-bond donors (Lipinski definition) is 1. The van der Waals surface area contributed by atoms with Crippen molar-refractivity contribution in [2.24, 2.45) is 7.05 Å². The van der Waals surface area contributed by atoms with E-state index in [1.807, 2.05) is 48.9 Å². The molecule has 0 unspecified atom stereocenters. The second kappa shape index (κ2) is 7.98. The predicted molar refractivity (Wildman–Crippen MR) is 89.7 cm³/mol. The summed E-state index contributed by atoms with van der Waals surface area (Å²) in [6.07, 6.45) is 2.07. The van der Waals surface area contributed by atoms with Crippen LogP contribution in [0, 0.1) is 0 Å². The monoisotopic (exact) mass is 318 g/mol. The van der Waals surface area contributed by atoms with Gasteiger partial charge in [0.25, 0.3) is 0 Å². The van der Waals surface area contributed by atoms with Gasteiger partial charge in [-0.1, -0.05) is 55.4 Å². The van der Waals surface area contributed by atoms with Crippen LogP contribution in [-0.2, 0) is 11.8 Å². The smallest absolute Gasteiger partial charge is 0.230 e. The van der Waals surface area contributed by atoms with Gasteiger partial charge in [-0.15, -0.1) is 10.2 Å². The maximum atomic E-state index is 11.9. The number of carbonyl (C=O) groups is 1. The quantitative estimate of drug-likeness (QED) is 0.798. The van der Waals surface area contributed by atoms with E-state index in [9.17, 15) is 4.79 Å². The fourth-order valence-electron chi connectivity index (χ4n) is 2.23. The molecule has 1 atom stereocenters. The minimum Gasteiger partial charge on any atom is -0.353 e. The molecule has 0 radical (unpaired) electrons. The highest BCUT2D eigenvalue weighted by molar-refractivity contribution is 7.99. The Hall–Kier alpha value is -1.82. The largest absolute Gasteiger partial charge is 0.353 e. The molecule has 1 aromatic carbocycles. The van der Waals surface area contributed by atoms with Crippen molar-refractivity contribution < 1.29 is 4.79 Å². The Bertz CT molecular complexity index is 612. The van der Waals surface area contributed by atoms with Crippen molar-refractivity contribution in [1.82, 2.24) is 20.1 Å². The van der Waals surface area contributed by atoms with Crippen LogP contribution >= 0.6 is 11.8 Å². The first-order valence-corrected chi connectivity index (χ1v) is 8.47. The zero-order valence-corrected chi connectivity index (χ0v) is 14.1. The van der Waals surface area contributed by atoms with Gasteiger partial charge < -0.3 is 9.88 Å². The second-order valence-corrected chi connectivity index (χ2v) is 6.22. The van der Waals surface area contributed by atoms with Gasteiger partial charge in [-0.3, -0.25) is 4.79 Å². The van der Waals surface area contributed by atoms with E-state index in [-0.39, 0.29) is 11.9 Å².